The van der Waals surface area contributed by atoms with Crippen LogP contribution in [0.2, 0.25) is 0 Å². The Morgan fingerprint density at radius 1 is 0.538 bits per heavy atom. The van der Waals surface area contributed by atoms with Gasteiger partial charge in [-0.1, -0.05) is 0 Å². The summed E-state index contributed by atoms with van der Waals surface area (Å²) in [6.07, 6.45) is 9.83. The summed E-state index contributed by atoms with van der Waals surface area (Å²) in [5.41, 5.74) is 0. The van der Waals surface area contributed by atoms with Crippen LogP contribution in [0.3, 0.4) is 0 Å². The first-order valence-corrected chi connectivity index (χ1v) is 8.85. The maximum Gasteiger partial charge on any atom is 0.0148 e. The van der Waals surface area contributed by atoms with Gasteiger partial charge < -0.3 is 0 Å². The van der Waals surface area contributed by atoms with E-state index < -0.39 is 32.4 Å². The molecule has 0 unspecified atom stereocenters. The van der Waals surface area contributed by atoms with E-state index in [9.17, 15) is 12.6 Å². The summed E-state index contributed by atoms with van der Waals surface area (Å²) in [6, 6.07) is 0. The van der Waals surface area contributed by atoms with Crippen molar-refractivity contribution in [3.63, 3.8) is 0 Å². The van der Waals surface area contributed by atoms with Crippen molar-refractivity contribution >= 4 is 32.4 Å². The third-order valence-corrected chi connectivity index (χ3v) is 0. The minimum Gasteiger partial charge on any atom is -0.260 e. The van der Waals surface area contributed by atoms with E-state index in [0.29, 0.717) is 0 Å². The molecule has 3 nitrogen and oxygen atoms in total. The first-order chi connectivity index (χ1) is 5.20. The second-order valence-corrected chi connectivity index (χ2v) is 6.67. The van der Waals surface area contributed by atoms with Gasteiger partial charge in [-0.2, -0.15) is 0 Å². The second kappa shape index (κ2) is 18.8. The van der Waals surface area contributed by atoms with Crippen molar-refractivity contribution < 1.29 is 32.1 Å². The third kappa shape index (κ3) is 1390. The molecule has 0 aromatic heterocycles. The maximum atomic E-state index is 9.56. The Hall–Kier alpha value is 1.07. The molecule has 0 spiro atoms. The van der Waals surface area contributed by atoms with E-state index >= 15 is 0 Å². The molecule has 0 rings (SSSR count). The van der Waals surface area contributed by atoms with Crippen LogP contribution in [-0.4, -0.2) is 50.2 Å². The zero-order valence-corrected chi connectivity index (χ0v) is 12.9. The second-order valence-electron chi connectivity index (χ2n) is 2.22. The van der Waals surface area contributed by atoms with Crippen molar-refractivity contribution in [3.05, 3.63) is 0 Å². The molecule has 0 saturated carbocycles. The largest absolute Gasteiger partial charge is 0.260 e. The maximum absolute atomic E-state index is 9.56. The predicted molar refractivity (Wildman–Crippen MR) is 60.0 cm³/mol. The van der Waals surface area contributed by atoms with E-state index in [1.165, 1.54) is 0 Å². The van der Waals surface area contributed by atoms with Gasteiger partial charge in [-0.25, -0.2) is 0 Å². The van der Waals surface area contributed by atoms with Gasteiger partial charge in [-0.15, -0.1) is 0 Å². The van der Waals surface area contributed by atoms with Crippen molar-refractivity contribution in [2.75, 3.05) is 37.5 Å². The van der Waals surface area contributed by atoms with Gasteiger partial charge in [0.25, 0.3) is 0 Å². The van der Waals surface area contributed by atoms with Crippen molar-refractivity contribution in [2.24, 2.45) is 0 Å². The summed E-state index contributed by atoms with van der Waals surface area (Å²) >= 11 is 0. The number of rotatable bonds is 0. The molecule has 0 saturated heterocycles. The van der Waals surface area contributed by atoms with Crippen LogP contribution in [0.25, 0.3) is 0 Å². The zero-order chi connectivity index (χ0) is 10.7. The molecular formula is C6H18O3RhS3. The summed E-state index contributed by atoms with van der Waals surface area (Å²) in [7, 11) is -1.83. The van der Waals surface area contributed by atoms with E-state index in [4.69, 9.17) is 0 Å². The minimum absolute atomic E-state index is 0. The fourth-order valence-electron chi connectivity index (χ4n) is 0. The van der Waals surface area contributed by atoms with Gasteiger partial charge in [0.05, 0.1) is 0 Å². The molecule has 0 aliphatic carbocycles. The van der Waals surface area contributed by atoms with E-state index in [0.717, 1.165) is 0 Å². The summed E-state index contributed by atoms with van der Waals surface area (Å²) in [5.74, 6) is 0. The van der Waals surface area contributed by atoms with Gasteiger partial charge in [0.1, 0.15) is 0 Å². The first kappa shape index (κ1) is 23.7. The van der Waals surface area contributed by atoms with E-state index in [1.54, 1.807) is 37.5 Å². The topological polar surface area (TPSA) is 51.2 Å². The van der Waals surface area contributed by atoms with Crippen LogP contribution >= 0.6 is 0 Å². The van der Waals surface area contributed by atoms with Crippen LogP contribution in [0.15, 0.2) is 0 Å². The molecular weight excluding hydrogens is 319 g/mol. The summed E-state index contributed by atoms with van der Waals surface area (Å²) in [6.45, 7) is 0. The Morgan fingerprint density at radius 2 is 0.538 bits per heavy atom. The molecule has 7 heteroatoms. The van der Waals surface area contributed by atoms with E-state index in [1.807, 2.05) is 0 Å². The van der Waals surface area contributed by atoms with Crippen molar-refractivity contribution in [2.45, 2.75) is 0 Å². The molecule has 0 bridgehead atoms. The van der Waals surface area contributed by atoms with Crippen LogP contribution in [0.5, 0.6) is 0 Å². The summed E-state index contributed by atoms with van der Waals surface area (Å²) in [4.78, 5) is 0. The zero-order valence-electron chi connectivity index (χ0n) is 8.78. The van der Waals surface area contributed by atoms with Crippen molar-refractivity contribution in [3.8, 4) is 0 Å². The van der Waals surface area contributed by atoms with Gasteiger partial charge in [0, 0.05) is 89.4 Å². The average molecular weight is 337 g/mol. The third-order valence-electron chi connectivity index (χ3n) is 0. The smallest absolute Gasteiger partial charge is 0.0148 e. The van der Waals surface area contributed by atoms with Crippen molar-refractivity contribution in [1.29, 1.82) is 0 Å². The Bertz CT molecular complexity index is 121. The predicted octanol–water partition coefficient (Wildman–Crippen LogP) is -0.0184. The molecule has 0 amide bonds. The van der Waals surface area contributed by atoms with Gasteiger partial charge in [-0.05, 0) is 0 Å². The Labute approximate surface area is 102 Å². The van der Waals surface area contributed by atoms with Crippen molar-refractivity contribution in [1.82, 2.24) is 0 Å². The van der Waals surface area contributed by atoms with Gasteiger partial charge in [-0.3, -0.25) is 12.6 Å². The minimum atomic E-state index is -0.611. The Balaban J connectivity index is -0.0000000450. The molecule has 0 aliphatic rings. The summed E-state index contributed by atoms with van der Waals surface area (Å²) < 4.78 is 28.7. The fraction of sp³-hybridized carbons (Fsp3) is 1.00. The molecule has 0 aromatic rings. The monoisotopic (exact) mass is 337 g/mol. The van der Waals surface area contributed by atoms with Gasteiger partial charge in [0.2, 0.25) is 0 Å². The summed E-state index contributed by atoms with van der Waals surface area (Å²) in [5, 5.41) is 0. The van der Waals surface area contributed by atoms with E-state index in [2.05, 4.69) is 0 Å². The fourth-order valence-corrected chi connectivity index (χ4v) is 0. The van der Waals surface area contributed by atoms with Crippen LogP contribution < -0.4 is 0 Å². The SMILES string of the molecule is CS(C)=O.CS(C)=O.CS(C)=O.[Rh]. The molecule has 0 heterocycles. The van der Waals surface area contributed by atoms with Crippen LogP contribution in [0.4, 0.5) is 0 Å². The van der Waals surface area contributed by atoms with Crippen LogP contribution in [-0.2, 0) is 51.9 Å². The van der Waals surface area contributed by atoms with E-state index in [-0.39, 0.29) is 19.5 Å². The molecule has 0 N–H and O–H groups in total. The normalized spacial score (nSPS) is 8.08. The molecule has 1 radical (unpaired) electrons. The molecule has 0 atom stereocenters. The van der Waals surface area contributed by atoms with Crippen LogP contribution in [0.1, 0.15) is 0 Å². The number of hydrogen-bond acceptors (Lipinski definition) is 3. The Kier molecular flexibility index (Phi) is 34.2. The van der Waals surface area contributed by atoms with Crippen LogP contribution in [0, 0.1) is 0 Å². The molecule has 13 heavy (non-hydrogen) atoms. The quantitative estimate of drug-likeness (QED) is 0.584. The molecule has 87 valence electrons. The van der Waals surface area contributed by atoms with Gasteiger partial charge in [0.15, 0.2) is 0 Å². The average Bonchev–Trinajstić information content (AvgIpc) is 1.54. The standard InChI is InChI=1S/3C2H6OS.Rh/c3*1-4(2)3;/h3*1-2H3;. The number of hydrogen-bond donors (Lipinski definition) is 0. The first-order valence-electron chi connectivity index (χ1n) is 2.95. The molecule has 0 aromatic carbocycles. The molecule has 0 fully saturated rings. The molecule has 0 aliphatic heterocycles. The Morgan fingerprint density at radius 3 is 0.538 bits per heavy atom. The van der Waals surface area contributed by atoms with Gasteiger partial charge >= 0.3 is 0 Å².